The Balaban J connectivity index is 2.44. The van der Waals surface area contributed by atoms with E-state index in [1.165, 1.54) is 30.5 Å². The molecule has 0 aliphatic heterocycles. The molecule has 1 aromatic carbocycles. The van der Waals surface area contributed by atoms with Crippen LogP contribution in [-0.4, -0.2) is 19.8 Å². The van der Waals surface area contributed by atoms with Crippen molar-refractivity contribution >= 4 is 27.0 Å². The number of hydrogen-bond acceptors (Lipinski definition) is 4. The van der Waals surface area contributed by atoms with Crippen molar-refractivity contribution in [1.82, 2.24) is 4.31 Å². The second kappa shape index (κ2) is 5.75. The Morgan fingerprint density at radius 2 is 1.95 bits per heavy atom. The zero-order chi connectivity index (χ0) is 15.8. The van der Waals surface area contributed by atoms with Gasteiger partial charge in [-0.3, -0.25) is 0 Å². The highest BCUT2D eigenvalue weighted by Crippen LogP contribution is 2.32. The van der Waals surface area contributed by atoms with Crippen molar-refractivity contribution in [2.24, 2.45) is 0 Å². The Morgan fingerprint density at radius 1 is 1.29 bits per heavy atom. The van der Waals surface area contributed by atoms with Gasteiger partial charge in [0.1, 0.15) is 10.7 Å². The molecule has 0 saturated carbocycles. The van der Waals surface area contributed by atoms with Crippen LogP contribution in [-0.2, 0) is 10.0 Å². The highest BCUT2D eigenvalue weighted by atomic mass is 32.2. The summed E-state index contributed by atoms with van der Waals surface area (Å²) < 4.78 is 40.3. The van der Waals surface area contributed by atoms with E-state index in [0.717, 1.165) is 20.1 Å². The van der Waals surface area contributed by atoms with Crippen LogP contribution in [0.15, 0.2) is 35.2 Å². The summed E-state index contributed by atoms with van der Waals surface area (Å²) in [5, 5.41) is 0. The average Bonchev–Trinajstić information content (AvgIpc) is 2.83. The monoisotopic (exact) mass is 328 g/mol. The van der Waals surface area contributed by atoms with Crippen LogP contribution in [0.5, 0.6) is 0 Å². The highest BCUT2D eigenvalue weighted by Gasteiger charge is 2.31. The number of rotatable bonds is 4. The lowest BCUT2D eigenvalue weighted by molar-refractivity contribution is 0.400. The Bertz CT molecular complexity index is 736. The van der Waals surface area contributed by atoms with E-state index < -0.39 is 26.8 Å². The fourth-order valence-corrected chi connectivity index (χ4v) is 4.54. The first-order valence-corrected chi connectivity index (χ1v) is 8.59. The molecule has 4 nitrogen and oxygen atoms in total. The SMILES string of the molecule is Cc1ccc(C(C)N(C)S(=O)(=O)c2c(N)cccc2F)s1. The molecule has 1 atom stereocenters. The van der Waals surface area contributed by atoms with Crippen molar-refractivity contribution in [3.63, 3.8) is 0 Å². The fourth-order valence-electron chi connectivity index (χ4n) is 2.01. The molecule has 1 heterocycles. The Hall–Kier alpha value is -1.44. The van der Waals surface area contributed by atoms with Crippen LogP contribution < -0.4 is 5.73 Å². The summed E-state index contributed by atoms with van der Waals surface area (Å²) in [7, 11) is -2.57. The van der Waals surface area contributed by atoms with Crippen molar-refractivity contribution in [3.05, 3.63) is 45.9 Å². The zero-order valence-electron chi connectivity index (χ0n) is 12.0. The van der Waals surface area contributed by atoms with E-state index in [1.54, 1.807) is 6.92 Å². The van der Waals surface area contributed by atoms with Crippen molar-refractivity contribution in [2.75, 3.05) is 12.8 Å². The molecule has 2 N–H and O–H groups in total. The van der Waals surface area contributed by atoms with E-state index in [4.69, 9.17) is 5.73 Å². The number of thiophene rings is 1. The third-order valence-corrected chi connectivity index (χ3v) is 6.54. The molecule has 0 fully saturated rings. The lowest BCUT2D eigenvalue weighted by Crippen LogP contribution is -2.30. The molecule has 1 aromatic heterocycles. The second-order valence-corrected chi connectivity index (χ2v) is 8.06. The fraction of sp³-hybridized carbons (Fsp3) is 0.286. The number of anilines is 1. The van der Waals surface area contributed by atoms with Crippen molar-refractivity contribution in [1.29, 1.82) is 0 Å². The van der Waals surface area contributed by atoms with Gasteiger partial charge in [-0.1, -0.05) is 6.07 Å². The van der Waals surface area contributed by atoms with E-state index in [1.807, 2.05) is 19.1 Å². The second-order valence-electron chi connectivity index (χ2n) is 4.80. The number of hydrogen-bond donors (Lipinski definition) is 1. The molecule has 114 valence electrons. The molecule has 2 rings (SSSR count). The maximum atomic E-state index is 13.9. The molecule has 0 bridgehead atoms. The van der Waals surface area contributed by atoms with Crippen LogP contribution in [0.2, 0.25) is 0 Å². The predicted octanol–water partition coefficient (Wildman–Crippen LogP) is 3.16. The number of nitrogens with zero attached hydrogens (tertiary/aromatic N) is 1. The smallest absolute Gasteiger partial charge is 0.248 e. The van der Waals surface area contributed by atoms with Crippen molar-refractivity contribution in [2.45, 2.75) is 24.8 Å². The van der Waals surface area contributed by atoms with E-state index in [2.05, 4.69) is 0 Å². The van der Waals surface area contributed by atoms with Gasteiger partial charge in [0.15, 0.2) is 0 Å². The lowest BCUT2D eigenvalue weighted by Gasteiger charge is -2.24. The molecule has 0 aliphatic rings. The summed E-state index contributed by atoms with van der Waals surface area (Å²) in [4.78, 5) is 1.52. The van der Waals surface area contributed by atoms with E-state index in [0.29, 0.717) is 0 Å². The van der Waals surface area contributed by atoms with Gasteiger partial charge in [-0.05, 0) is 38.1 Å². The van der Waals surface area contributed by atoms with Gasteiger partial charge in [0.25, 0.3) is 0 Å². The van der Waals surface area contributed by atoms with Gasteiger partial charge in [0.05, 0.1) is 11.7 Å². The third kappa shape index (κ3) is 2.95. The quantitative estimate of drug-likeness (QED) is 0.877. The van der Waals surface area contributed by atoms with Crippen LogP contribution in [0.1, 0.15) is 22.7 Å². The van der Waals surface area contributed by atoms with Crippen LogP contribution in [0, 0.1) is 12.7 Å². The maximum absolute atomic E-state index is 13.9. The number of sulfonamides is 1. The minimum absolute atomic E-state index is 0.0867. The molecule has 1 unspecified atom stereocenters. The number of nitrogen functional groups attached to an aromatic ring is 1. The van der Waals surface area contributed by atoms with E-state index in [9.17, 15) is 12.8 Å². The Morgan fingerprint density at radius 3 is 2.48 bits per heavy atom. The highest BCUT2D eigenvalue weighted by molar-refractivity contribution is 7.89. The summed E-state index contributed by atoms with van der Waals surface area (Å²) in [5.41, 5.74) is 5.56. The Kier molecular flexibility index (Phi) is 4.36. The largest absolute Gasteiger partial charge is 0.398 e. The third-order valence-electron chi connectivity index (χ3n) is 3.35. The van der Waals surface area contributed by atoms with Crippen molar-refractivity contribution in [3.8, 4) is 0 Å². The first-order chi connectivity index (χ1) is 9.75. The molecule has 0 amide bonds. The van der Waals surface area contributed by atoms with E-state index >= 15 is 0 Å². The molecule has 0 spiro atoms. The summed E-state index contributed by atoms with van der Waals surface area (Å²) in [6.45, 7) is 3.71. The Labute approximate surface area is 128 Å². The molecule has 0 saturated heterocycles. The van der Waals surface area contributed by atoms with Gasteiger partial charge < -0.3 is 5.73 Å². The van der Waals surface area contributed by atoms with Gasteiger partial charge in [-0.25, -0.2) is 12.8 Å². The first-order valence-electron chi connectivity index (χ1n) is 6.33. The topological polar surface area (TPSA) is 63.4 Å². The summed E-state index contributed by atoms with van der Waals surface area (Å²) >= 11 is 1.51. The maximum Gasteiger partial charge on any atom is 0.248 e. The van der Waals surface area contributed by atoms with E-state index in [-0.39, 0.29) is 5.69 Å². The molecule has 2 aromatic rings. The van der Waals surface area contributed by atoms with Gasteiger partial charge in [0.2, 0.25) is 10.0 Å². The van der Waals surface area contributed by atoms with Gasteiger partial charge >= 0.3 is 0 Å². The zero-order valence-corrected chi connectivity index (χ0v) is 13.6. The number of halogens is 1. The standard InChI is InChI=1S/C14H17FN2O2S2/c1-9-7-8-13(20-9)10(2)17(3)21(18,19)14-11(15)5-4-6-12(14)16/h4-8,10H,16H2,1-3H3. The van der Waals surface area contributed by atoms with Gasteiger partial charge in [-0.15, -0.1) is 11.3 Å². The predicted molar refractivity (Wildman–Crippen MR) is 83.2 cm³/mol. The van der Waals surface area contributed by atoms with Crippen LogP contribution in [0.4, 0.5) is 10.1 Å². The van der Waals surface area contributed by atoms with Crippen LogP contribution in [0.25, 0.3) is 0 Å². The van der Waals surface area contributed by atoms with Gasteiger partial charge in [0, 0.05) is 16.8 Å². The molecular formula is C14H17FN2O2S2. The first kappa shape index (κ1) is 15.9. The van der Waals surface area contributed by atoms with Crippen LogP contribution >= 0.6 is 11.3 Å². The lowest BCUT2D eigenvalue weighted by atomic mass is 10.3. The van der Waals surface area contributed by atoms with Crippen molar-refractivity contribution < 1.29 is 12.8 Å². The molecule has 7 heteroatoms. The summed E-state index contributed by atoms with van der Waals surface area (Å²) in [5.74, 6) is -0.837. The molecule has 0 aliphatic carbocycles. The van der Waals surface area contributed by atoms with Gasteiger partial charge in [-0.2, -0.15) is 4.31 Å². The number of benzene rings is 1. The number of nitrogens with two attached hydrogens (primary N) is 1. The number of aryl methyl sites for hydroxylation is 1. The normalized spacial score (nSPS) is 13.6. The summed E-state index contributed by atoms with van der Waals surface area (Å²) in [6.07, 6.45) is 0. The molecular weight excluding hydrogens is 311 g/mol. The molecule has 0 radical (unpaired) electrons. The summed E-state index contributed by atoms with van der Waals surface area (Å²) in [6, 6.07) is 7.26. The minimum atomic E-state index is -4.00. The minimum Gasteiger partial charge on any atom is -0.398 e. The average molecular weight is 328 g/mol. The molecule has 21 heavy (non-hydrogen) atoms. The van der Waals surface area contributed by atoms with Crippen LogP contribution in [0.3, 0.4) is 0 Å².